The van der Waals surface area contributed by atoms with Crippen LogP contribution >= 0.6 is 0 Å². The molecule has 102 valence electrons. The van der Waals surface area contributed by atoms with Crippen molar-refractivity contribution in [3.05, 3.63) is 29.3 Å². The minimum Gasteiger partial charge on any atom is -0.497 e. The van der Waals surface area contributed by atoms with Crippen molar-refractivity contribution >= 4 is 0 Å². The Hall–Kier alpha value is -1.02. The number of likely N-dealkylation sites (tertiary alicyclic amines) is 1. The number of ether oxygens (including phenoxy) is 1. The zero-order valence-electron chi connectivity index (χ0n) is 12.0. The van der Waals surface area contributed by atoms with Gasteiger partial charge in [-0.05, 0) is 73.2 Å². The zero-order valence-corrected chi connectivity index (χ0v) is 12.0. The molecule has 2 nitrogen and oxygen atoms in total. The molecular formula is C17H23NO. The van der Waals surface area contributed by atoms with Crippen LogP contribution in [0.1, 0.15) is 36.3 Å². The minimum atomic E-state index is 0.594. The van der Waals surface area contributed by atoms with Crippen molar-refractivity contribution < 1.29 is 4.74 Å². The molecule has 2 fully saturated rings. The molecular weight excluding hydrogens is 234 g/mol. The molecule has 0 aromatic heterocycles. The first-order valence-electron chi connectivity index (χ1n) is 7.58. The molecule has 19 heavy (non-hydrogen) atoms. The van der Waals surface area contributed by atoms with Gasteiger partial charge in [-0.2, -0.15) is 0 Å². The molecule has 0 N–H and O–H groups in total. The predicted octanol–water partition coefficient (Wildman–Crippen LogP) is 3.07. The summed E-state index contributed by atoms with van der Waals surface area (Å²) >= 11 is 0. The van der Waals surface area contributed by atoms with Gasteiger partial charge in [-0.15, -0.1) is 0 Å². The van der Waals surface area contributed by atoms with E-state index in [1.165, 1.54) is 38.8 Å². The molecule has 2 heteroatoms. The molecule has 0 amide bonds. The van der Waals surface area contributed by atoms with E-state index in [0.29, 0.717) is 5.41 Å². The van der Waals surface area contributed by atoms with Crippen molar-refractivity contribution in [2.24, 2.45) is 11.3 Å². The van der Waals surface area contributed by atoms with E-state index in [4.69, 9.17) is 4.74 Å². The van der Waals surface area contributed by atoms with Gasteiger partial charge in [0.05, 0.1) is 7.11 Å². The van der Waals surface area contributed by atoms with Crippen molar-refractivity contribution in [1.82, 2.24) is 4.90 Å². The summed E-state index contributed by atoms with van der Waals surface area (Å²) in [6.07, 6.45) is 5.46. The van der Waals surface area contributed by atoms with Crippen LogP contribution in [0.2, 0.25) is 0 Å². The molecule has 4 rings (SSSR count). The third kappa shape index (κ3) is 1.53. The average Bonchev–Trinajstić information content (AvgIpc) is 2.91. The number of rotatable bonds is 1. The van der Waals surface area contributed by atoms with E-state index in [0.717, 1.165) is 17.6 Å². The number of fused-ring (bicyclic) bond motifs is 2. The lowest BCUT2D eigenvalue weighted by Crippen LogP contribution is -2.36. The third-order valence-electron chi connectivity index (χ3n) is 5.99. The summed E-state index contributed by atoms with van der Waals surface area (Å²) in [6, 6.07) is 6.78. The molecule has 1 aromatic carbocycles. The number of benzene rings is 1. The van der Waals surface area contributed by atoms with Crippen LogP contribution in [-0.4, -0.2) is 32.1 Å². The highest BCUT2D eigenvalue weighted by Gasteiger charge is 2.56. The Kier molecular flexibility index (Phi) is 2.47. The highest BCUT2D eigenvalue weighted by molar-refractivity contribution is 5.42. The van der Waals surface area contributed by atoms with E-state index in [1.54, 1.807) is 18.2 Å². The lowest BCUT2D eigenvalue weighted by molar-refractivity contribution is 0.189. The van der Waals surface area contributed by atoms with Crippen LogP contribution in [-0.2, 0) is 6.42 Å². The maximum atomic E-state index is 5.39. The smallest absolute Gasteiger partial charge is 0.119 e. The van der Waals surface area contributed by atoms with E-state index in [-0.39, 0.29) is 0 Å². The fraction of sp³-hybridized carbons (Fsp3) is 0.647. The lowest BCUT2D eigenvalue weighted by Gasteiger charge is -2.41. The SMILES string of the molecule is COc1ccc2c(c1)CCC13CN(C)C[C@H]1CC[C@@H]23. The van der Waals surface area contributed by atoms with Gasteiger partial charge in [0.1, 0.15) is 5.75 Å². The van der Waals surface area contributed by atoms with Gasteiger partial charge in [0.15, 0.2) is 0 Å². The molecule has 1 unspecified atom stereocenters. The van der Waals surface area contributed by atoms with Crippen LogP contribution in [0, 0.1) is 11.3 Å². The number of aryl methyl sites for hydroxylation is 1. The first-order chi connectivity index (χ1) is 9.23. The fourth-order valence-corrected chi connectivity index (χ4v) is 5.24. The Labute approximate surface area is 115 Å². The number of nitrogens with zero attached hydrogens (tertiary/aromatic N) is 1. The molecule has 1 saturated heterocycles. The largest absolute Gasteiger partial charge is 0.497 e. The second kappa shape index (κ2) is 3.99. The van der Waals surface area contributed by atoms with E-state index in [9.17, 15) is 0 Å². The van der Waals surface area contributed by atoms with Crippen molar-refractivity contribution in [1.29, 1.82) is 0 Å². The van der Waals surface area contributed by atoms with E-state index in [1.807, 2.05) is 0 Å². The van der Waals surface area contributed by atoms with Crippen LogP contribution < -0.4 is 4.74 Å². The van der Waals surface area contributed by atoms with Crippen molar-refractivity contribution in [2.75, 3.05) is 27.2 Å². The van der Waals surface area contributed by atoms with Gasteiger partial charge >= 0.3 is 0 Å². The maximum absolute atomic E-state index is 5.39. The summed E-state index contributed by atoms with van der Waals surface area (Å²) < 4.78 is 5.39. The summed E-state index contributed by atoms with van der Waals surface area (Å²) in [7, 11) is 4.07. The van der Waals surface area contributed by atoms with Gasteiger partial charge in [-0.1, -0.05) is 6.07 Å². The molecule has 3 aliphatic rings. The van der Waals surface area contributed by atoms with E-state index < -0.39 is 0 Å². The molecule has 2 aliphatic carbocycles. The minimum absolute atomic E-state index is 0.594. The Morgan fingerprint density at radius 2 is 2.21 bits per heavy atom. The van der Waals surface area contributed by atoms with E-state index in [2.05, 4.69) is 30.1 Å². The quantitative estimate of drug-likeness (QED) is 0.766. The summed E-state index contributed by atoms with van der Waals surface area (Å²) in [4.78, 5) is 2.56. The van der Waals surface area contributed by atoms with Crippen LogP contribution in [0.4, 0.5) is 0 Å². The zero-order chi connectivity index (χ0) is 13.0. The Bertz CT molecular complexity index is 512. The van der Waals surface area contributed by atoms with Gasteiger partial charge in [0.2, 0.25) is 0 Å². The number of hydrogen-bond donors (Lipinski definition) is 0. The summed E-state index contributed by atoms with van der Waals surface area (Å²) in [5.74, 6) is 2.77. The second-order valence-electron chi connectivity index (χ2n) is 6.82. The molecule has 0 radical (unpaired) electrons. The van der Waals surface area contributed by atoms with Gasteiger partial charge in [-0.25, -0.2) is 0 Å². The monoisotopic (exact) mass is 257 g/mol. The topological polar surface area (TPSA) is 12.5 Å². The van der Waals surface area contributed by atoms with Gasteiger partial charge < -0.3 is 9.64 Å². The molecule has 0 bridgehead atoms. The molecule has 1 heterocycles. The fourth-order valence-electron chi connectivity index (χ4n) is 5.24. The molecule has 1 aliphatic heterocycles. The van der Waals surface area contributed by atoms with Gasteiger partial charge in [0, 0.05) is 13.1 Å². The molecule has 1 saturated carbocycles. The van der Waals surface area contributed by atoms with Crippen molar-refractivity contribution in [3.63, 3.8) is 0 Å². The van der Waals surface area contributed by atoms with Crippen LogP contribution in [0.3, 0.4) is 0 Å². The maximum Gasteiger partial charge on any atom is 0.119 e. The first kappa shape index (κ1) is 11.8. The highest BCUT2D eigenvalue weighted by atomic mass is 16.5. The summed E-state index contributed by atoms with van der Waals surface area (Å²) in [5.41, 5.74) is 3.77. The lowest BCUT2D eigenvalue weighted by atomic mass is 9.63. The van der Waals surface area contributed by atoms with Gasteiger partial charge in [0.25, 0.3) is 0 Å². The average molecular weight is 257 g/mol. The van der Waals surface area contributed by atoms with Gasteiger partial charge in [-0.3, -0.25) is 0 Å². The summed E-state index contributed by atoms with van der Waals surface area (Å²) in [6.45, 7) is 2.63. The molecule has 1 spiro atoms. The third-order valence-corrected chi connectivity index (χ3v) is 5.99. The van der Waals surface area contributed by atoms with Crippen LogP contribution in [0.5, 0.6) is 5.75 Å². The molecule has 3 atom stereocenters. The second-order valence-corrected chi connectivity index (χ2v) is 6.82. The predicted molar refractivity (Wildman–Crippen MR) is 76.7 cm³/mol. The van der Waals surface area contributed by atoms with Crippen LogP contribution in [0.15, 0.2) is 18.2 Å². The number of hydrogen-bond acceptors (Lipinski definition) is 2. The first-order valence-corrected chi connectivity index (χ1v) is 7.58. The molecule has 1 aromatic rings. The Balaban J connectivity index is 1.76. The van der Waals surface area contributed by atoms with E-state index >= 15 is 0 Å². The standard InChI is InChI=1S/C17H23NO/c1-18-10-13-3-6-16-15-5-4-14(19-2)9-12(15)7-8-17(13,16)11-18/h4-5,9,13,16H,3,6-8,10-11H2,1-2H3/t13-,16+,17?/m1/s1. The normalized spacial score (nSPS) is 36.7. The van der Waals surface area contributed by atoms with Crippen LogP contribution in [0.25, 0.3) is 0 Å². The Morgan fingerprint density at radius 1 is 1.32 bits per heavy atom. The Morgan fingerprint density at radius 3 is 3.05 bits per heavy atom. The van der Waals surface area contributed by atoms with Crippen molar-refractivity contribution in [2.45, 2.75) is 31.6 Å². The highest BCUT2D eigenvalue weighted by Crippen LogP contribution is 2.61. The van der Waals surface area contributed by atoms with Crippen molar-refractivity contribution in [3.8, 4) is 5.75 Å². The number of methoxy groups -OCH3 is 1. The summed E-state index contributed by atoms with van der Waals surface area (Å²) in [5, 5.41) is 0.